The third kappa shape index (κ3) is 3.22. The fraction of sp³-hybridized carbons (Fsp3) is 0.250. The summed E-state index contributed by atoms with van der Waals surface area (Å²) in [5.74, 6) is -0.363. The number of aliphatic hydroxyl groups excluding tert-OH is 1. The minimum atomic E-state index is -0.340. The number of carbonyl (C=O) groups excluding carboxylic acids is 1. The number of phenols is 1. The molecule has 0 spiro atoms. The second kappa shape index (κ2) is 5.91. The lowest BCUT2D eigenvalue weighted by atomic mass is 10.1. The number of phenolic OH excluding ortho intramolecular Hbond substituents is 1. The van der Waals surface area contributed by atoms with Gasteiger partial charge in [0.2, 0.25) is 0 Å². The van der Waals surface area contributed by atoms with E-state index in [1.165, 1.54) is 23.1 Å². The Balaban J connectivity index is 2.99. The van der Waals surface area contributed by atoms with Crippen molar-refractivity contribution in [2.75, 3.05) is 25.4 Å². The molecule has 0 atom stereocenters. The van der Waals surface area contributed by atoms with Crippen molar-refractivity contribution in [3.63, 3.8) is 0 Å². The van der Waals surface area contributed by atoms with E-state index in [-0.39, 0.29) is 30.4 Å². The van der Waals surface area contributed by atoms with Crippen LogP contribution in [-0.2, 0) is 0 Å². The molecule has 0 bridgehead atoms. The number of hydrogen-bond acceptors (Lipinski definition) is 4. The Bertz CT molecular complexity index is 418. The van der Waals surface area contributed by atoms with Gasteiger partial charge in [0.05, 0.1) is 12.2 Å². The van der Waals surface area contributed by atoms with Crippen LogP contribution >= 0.6 is 0 Å². The average Bonchev–Trinajstić information content (AvgIpc) is 2.31. The van der Waals surface area contributed by atoms with E-state index >= 15 is 0 Å². The summed E-state index contributed by atoms with van der Waals surface area (Å²) in [4.78, 5) is 13.5. The molecule has 4 N–H and O–H groups in total. The number of benzene rings is 1. The molecule has 92 valence electrons. The molecular weight excluding hydrogens is 220 g/mol. The normalized spacial score (nSPS) is 9.94. The lowest BCUT2D eigenvalue weighted by molar-refractivity contribution is 0.0743. The number of carbonyl (C=O) groups is 1. The summed E-state index contributed by atoms with van der Waals surface area (Å²) in [5.41, 5.74) is 6.19. The molecule has 0 aliphatic heterocycles. The van der Waals surface area contributed by atoms with E-state index in [1.807, 2.05) is 0 Å². The Hall–Kier alpha value is -2.01. The molecule has 17 heavy (non-hydrogen) atoms. The van der Waals surface area contributed by atoms with E-state index in [1.54, 1.807) is 6.08 Å². The van der Waals surface area contributed by atoms with E-state index in [2.05, 4.69) is 6.58 Å². The number of nitrogens with zero attached hydrogens (tertiary/aromatic N) is 1. The van der Waals surface area contributed by atoms with E-state index in [9.17, 15) is 9.90 Å². The standard InChI is InChI=1S/C12H16N2O3/c1-2-5-14(6-7-15)12(17)10-8-9(16)3-4-11(10)13/h2-4,8,15-16H,1,5-7,13H2. The summed E-state index contributed by atoms with van der Waals surface area (Å²) in [7, 11) is 0. The molecule has 1 rings (SSSR count). The average molecular weight is 236 g/mol. The molecule has 1 amide bonds. The first-order valence-corrected chi connectivity index (χ1v) is 5.19. The van der Waals surface area contributed by atoms with Crippen LogP contribution in [0.15, 0.2) is 30.9 Å². The van der Waals surface area contributed by atoms with Crippen LogP contribution in [0.1, 0.15) is 10.4 Å². The van der Waals surface area contributed by atoms with Crippen molar-refractivity contribution < 1.29 is 15.0 Å². The van der Waals surface area contributed by atoms with Crippen LogP contribution in [0.2, 0.25) is 0 Å². The maximum Gasteiger partial charge on any atom is 0.256 e. The second-order valence-electron chi connectivity index (χ2n) is 3.54. The van der Waals surface area contributed by atoms with Gasteiger partial charge < -0.3 is 20.8 Å². The maximum atomic E-state index is 12.1. The molecule has 0 heterocycles. The van der Waals surface area contributed by atoms with E-state index in [4.69, 9.17) is 10.8 Å². The van der Waals surface area contributed by atoms with Crippen LogP contribution < -0.4 is 5.73 Å². The second-order valence-corrected chi connectivity index (χ2v) is 3.54. The predicted octanol–water partition coefficient (Wildman–Crippen LogP) is 0.595. The van der Waals surface area contributed by atoms with Gasteiger partial charge in [-0.05, 0) is 18.2 Å². The van der Waals surface area contributed by atoms with Crippen LogP contribution in [-0.4, -0.2) is 40.7 Å². The highest BCUT2D eigenvalue weighted by Gasteiger charge is 2.17. The van der Waals surface area contributed by atoms with Gasteiger partial charge in [-0.25, -0.2) is 0 Å². The first kappa shape index (κ1) is 13.1. The number of amides is 1. The molecule has 0 aliphatic carbocycles. The molecule has 1 aromatic rings. The highest BCUT2D eigenvalue weighted by Crippen LogP contribution is 2.20. The van der Waals surface area contributed by atoms with Crippen molar-refractivity contribution in [2.45, 2.75) is 0 Å². The smallest absolute Gasteiger partial charge is 0.256 e. The van der Waals surface area contributed by atoms with Gasteiger partial charge in [0, 0.05) is 18.8 Å². The summed E-state index contributed by atoms with van der Waals surface area (Å²) in [5, 5.41) is 18.2. The number of hydrogen-bond donors (Lipinski definition) is 3. The van der Waals surface area contributed by atoms with Gasteiger partial charge in [-0.1, -0.05) is 6.08 Å². The van der Waals surface area contributed by atoms with Crippen LogP contribution in [0.3, 0.4) is 0 Å². The van der Waals surface area contributed by atoms with Crippen molar-refractivity contribution >= 4 is 11.6 Å². The number of anilines is 1. The summed E-state index contributed by atoms with van der Waals surface area (Å²) >= 11 is 0. The van der Waals surface area contributed by atoms with Crippen molar-refractivity contribution in [2.24, 2.45) is 0 Å². The Morgan fingerprint density at radius 2 is 2.24 bits per heavy atom. The number of aromatic hydroxyl groups is 1. The highest BCUT2D eigenvalue weighted by atomic mass is 16.3. The van der Waals surface area contributed by atoms with Gasteiger partial charge in [-0.15, -0.1) is 6.58 Å². The fourth-order valence-corrected chi connectivity index (χ4v) is 1.45. The predicted molar refractivity (Wildman–Crippen MR) is 65.7 cm³/mol. The number of nitrogen functional groups attached to an aromatic ring is 1. The molecule has 0 radical (unpaired) electrons. The molecule has 0 saturated heterocycles. The Morgan fingerprint density at radius 3 is 2.82 bits per heavy atom. The molecule has 0 aromatic heterocycles. The quantitative estimate of drug-likeness (QED) is 0.397. The number of rotatable bonds is 5. The molecule has 5 heteroatoms. The van der Waals surface area contributed by atoms with E-state index in [0.29, 0.717) is 12.2 Å². The first-order valence-electron chi connectivity index (χ1n) is 5.19. The summed E-state index contributed by atoms with van der Waals surface area (Å²) in [6.45, 7) is 3.91. The Morgan fingerprint density at radius 1 is 1.53 bits per heavy atom. The molecule has 0 aliphatic rings. The molecule has 0 unspecified atom stereocenters. The molecule has 0 saturated carbocycles. The van der Waals surface area contributed by atoms with Crippen LogP contribution in [0.25, 0.3) is 0 Å². The summed E-state index contributed by atoms with van der Waals surface area (Å²) in [6, 6.07) is 4.19. The lowest BCUT2D eigenvalue weighted by Crippen LogP contribution is -2.34. The number of nitrogens with two attached hydrogens (primary N) is 1. The minimum absolute atomic E-state index is 0.0231. The monoisotopic (exact) mass is 236 g/mol. The van der Waals surface area contributed by atoms with Crippen molar-refractivity contribution in [1.82, 2.24) is 4.90 Å². The third-order valence-corrected chi connectivity index (χ3v) is 2.27. The highest BCUT2D eigenvalue weighted by molar-refractivity contribution is 5.99. The molecular formula is C12H16N2O3. The topological polar surface area (TPSA) is 86.8 Å². The summed E-state index contributed by atoms with van der Waals surface area (Å²) < 4.78 is 0. The van der Waals surface area contributed by atoms with Crippen molar-refractivity contribution in [3.05, 3.63) is 36.4 Å². The lowest BCUT2D eigenvalue weighted by Gasteiger charge is -2.20. The van der Waals surface area contributed by atoms with Gasteiger partial charge in [-0.3, -0.25) is 4.79 Å². The number of aliphatic hydroxyl groups is 1. The molecule has 1 aromatic carbocycles. The van der Waals surface area contributed by atoms with Crippen LogP contribution in [0.5, 0.6) is 5.75 Å². The fourth-order valence-electron chi connectivity index (χ4n) is 1.45. The van der Waals surface area contributed by atoms with Crippen LogP contribution in [0, 0.1) is 0 Å². The van der Waals surface area contributed by atoms with Gasteiger partial charge in [0.15, 0.2) is 0 Å². The first-order chi connectivity index (χ1) is 8.10. The van der Waals surface area contributed by atoms with E-state index in [0.717, 1.165) is 0 Å². The third-order valence-electron chi connectivity index (χ3n) is 2.27. The molecule has 0 fully saturated rings. The van der Waals surface area contributed by atoms with Crippen molar-refractivity contribution in [3.8, 4) is 5.75 Å². The van der Waals surface area contributed by atoms with E-state index < -0.39 is 0 Å². The summed E-state index contributed by atoms with van der Waals surface area (Å²) in [6.07, 6.45) is 1.56. The van der Waals surface area contributed by atoms with Gasteiger partial charge in [0.1, 0.15) is 5.75 Å². The Labute approximate surface area is 99.8 Å². The zero-order chi connectivity index (χ0) is 12.8. The van der Waals surface area contributed by atoms with Gasteiger partial charge in [0.25, 0.3) is 5.91 Å². The zero-order valence-corrected chi connectivity index (χ0v) is 9.47. The largest absolute Gasteiger partial charge is 0.508 e. The minimum Gasteiger partial charge on any atom is -0.508 e. The zero-order valence-electron chi connectivity index (χ0n) is 9.47. The molecule has 5 nitrogen and oxygen atoms in total. The Kier molecular flexibility index (Phi) is 4.54. The van der Waals surface area contributed by atoms with Crippen molar-refractivity contribution in [1.29, 1.82) is 0 Å². The van der Waals surface area contributed by atoms with Crippen LogP contribution in [0.4, 0.5) is 5.69 Å². The maximum absolute atomic E-state index is 12.1. The van der Waals surface area contributed by atoms with Gasteiger partial charge >= 0.3 is 0 Å². The van der Waals surface area contributed by atoms with Gasteiger partial charge in [-0.2, -0.15) is 0 Å². The SMILES string of the molecule is C=CCN(CCO)C(=O)c1cc(O)ccc1N.